The van der Waals surface area contributed by atoms with Gasteiger partial charge in [0.15, 0.2) is 0 Å². The highest BCUT2D eigenvalue weighted by molar-refractivity contribution is 6.05. The van der Waals surface area contributed by atoms with Crippen LogP contribution in [0.2, 0.25) is 0 Å². The van der Waals surface area contributed by atoms with Crippen LogP contribution in [0, 0.1) is 0 Å². The molecule has 0 bridgehead atoms. The molecular weight excluding hydrogens is 701 g/mol. The highest BCUT2D eigenvalue weighted by Gasteiger charge is 2.52. The summed E-state index contributed by atoms with van der Waals surface area (Å²) < 4.78 is 6.44. The molecule has 0 amide bonds. The first-order valence-corrected chi connectivity index (χ1v) is 20.3. The van der Waals surface area contributed by atoms with Gasteiger partial charge in [0, 0.05) is 16.7 Å². The SMILES string of the molecule is c1ccc(-c2ccc(-c3ccc([C@@H](Cc4ccc5c(c4)oc4ccccc45)c4cccc5c4-c4ccccc4C54c5ccccc5-c5ccccc54)cc3)cc2)cc1. The number of fused-ring (bicyclic) bond motifs is 13. The number of hydrogen-bond acceptors (Lipinski definition) is 1. The van der Waals surface area contributed by atoms with Crippen molar-refractivity contribution in [2.45, 2.75) is 17.8 Å². The van der Waals surface area contributed by atoms with Crippen LogP contribution in [0.4, 0.5) is 0 Å². The van der Waals surface area contributed by atoms with E-state index < -0.39 is 0 Å². The second kappa shape index (κ2) is 12.9. The van der Waals surface area contributed by atoms with Crippen LogP contribution < -0.4 is 0 Å². The molecule has 0 saturated carbocycles. The molecule has 0 aliphatic heterocycles. The Morgan fingerprint density at radius 2 is 0.897 bits per heavy atom. The normalized spacial score (nSPS) is 13.7. The maximum absolute atomic E-state index is 6.44. The summed E-state index contributed by atoms with van der Waals surface area (Å²) in [4.78, 5) is 0. The van der Waals surface area contributed by atoms with Gasteiger partial charge in [-0.05, 0) is 102 Å². The standard InChI is InChI=1S/C57H38O/c1-2-13-38(14-3-1)39-26-28-40(29-27-39)41-30-32-42(33-31-41)49(35-37-25-34-46-45-17-7-11-24-54(45)58-55(46)36-37)47-19-12-23-53-56(47)48-18-6-10-22-52(48)57(53)50-20-8-4-15-43(50)44-16-5-9-21-51(44)57/h1-34,36,49H,35H2/t49-/m1/s1. The highest BCUT2D eigenvalue weighted by Crippen LogP contribution is 2.63. The molecule has 1 atom stereocenters. The van der Waals surface area contributed by atoms with E-state index in [1.165, 1.54) is 83.5 Å². The zero-order valence-electron chi connectivity index (χ0n) is 31.9. The first-order valence-electron chi connectivity index (χ1n) is 20.3. The lowest BCUT2D eigenvalue weighted by Gasteiger charge is -2.31. The van der Waals surface area contributed by atoms with Crippen LogP contribution in [-0.2, 0) is 11.8 Å². The second-order valence-corrected chi connectivity index (χ2v) is 15.9. The van der Waals surface area contributed by atoms with E-state index in [4.69, 9.17) is 4.42 Å². The zero-order chi connectivity index (χ0) is 38.2. The molecule has 9 aromatic carbocycles. The van der Waals surface area contributed by atoms with Crippen molar-refractivity contribution >= 4 is 21.9 Å². The summed E-state index contributed by atoms with van der Waals surface area (Å²) in [6, 6.07) is 78.5. The molecule has 1 heteroatoms. The Bertz CT molecular complexity index is 3140. The van der Waals surface area contributed by atoms with E-state index in [0.717, 1.165) is 28.4 Å². The quantitative estimate of drug-likeness (QED) is 0.166. The van der Waals surface area contributed by atoms with Crippen molar-refractivity contribution < 1.29 is 4.42 Å². The van der Waals surface area contributed by atoms with Gasteiger partial charge in [0.05, 0.1) is 5.41 Å². The van der Waals surface area contributed by atoms with E-state index in [9.17, 15) is 0 Å². The summed E-state index contributed by atoms with van der Waals surface area (Å²) in [5.41, 5.74) is 21.1. The van der Waals surface area contributed by atoms with Crippen LogP contribution in [0.3, 0.4) is 0 Å². The third kappa shape index (κ3) is 4.83. The molecule has 0 fully saturated rings. The smallest absolute Gasteiger partial charge is 0.135 e. The van der Waals surface area contributed by atoms with Gasteiger partial charge in [-0.3, -0.25) is 0 Å². The van der Waals surface area contributed by atoms with Gasteiger partial charge in [0.25, 0.3) is 0 Å². The van der Waals surface area contributed by atoms with Crippen molar-refractivity contribution in [3.05, 3.63) is 251 Å². The predicted octanol–water partition coefficient (Wildman–Crippen LogP) is 14.6. The maximum Gasteiger partial charge on any atom is 0.135 e. The number of para-hydroxylation sites is 1. The molecule has 2 aliphatic carbocycles. The van der Waals surface area contributed by atoms with E-state index >= 15 is 0 Å². The minimum Gasteiger partial charge on any atom is -0.456 e. The van der Waals surface area contributed by atoms with Gasteiger partial charge >= 0.3 is 0 Å². The van der Waals surface area contributed by atoms with Gasteiger partial charge in [-0.2, -0.15) is 0 Å². The van der Waals surface area contributed by atoms with Gasteiger partial charge in [0.2, 0.25) is 0 Å². The molecule has 0 radical (unpaired) electrons. The van der Waals surface area contributed by atoms with Gasteiger partial charge in [-0.15, -0.1) is 0 Å². The van der Waals surface area contributed by atoms with E-state index in [1.807, 2.05) is 6.07 Å². The Morgan fingerprint density at radius 3 is 1.59 bits per heavy atom. The fourth-order valence-corrected chi connectivity index (χ4v) is 10.4. The van der Waals surface area contributed by atoms with Crippen LogP contribution in [0.25, 0.3) is 66.4 Å². The van der Waals surface area contributed by atoms with Crippen LogP contribution in [0.5, 0.6) is 0 Å². The van der Waals surface area contributed by atoms with Crippen molar-refractivity contribution in [3.8, 4) is 44.5 Å². The molecule has 0 N–H and O–H groups in total. The Hall–Kier alpha value is -7.22. The predicted molar refractivity (Wildman–Crippen MR) is 239 cm³/mol. The zero-order valence-corrected chi connectivity index (χ0v) is 31.9. The fraction of sp³-hybridized carbons (Fsp3) is 0.0526. The minimum atomic E-state index is -0.386. The Morgan fingerprint density at radius 1 is 0.379 bits per heavy atom. The minimum absolute atomic E-state index is 0.0846. The Labute approximate surface area is 338 Å². The molecule has 1 spiro atoms. The van der Waals surface area contributed by atoms with E-state index in [-0.39, 0.29) is 11.3 Å². The van der Waals surface area contributed by atoms with Gasteiger partial charge in [-0.25, -0.2) is 0 Å². The van der Waals surface area contributed by atoms with Crippen molar-refractivity contribution in [3.63, 3.8) is 0 Å². The number of hydrogen-bond donors (Lipinski definition) is 0. The molecule has 58 heavy (non-hydrogen) atoms. The molecule has 0 saturated heterocycles. The third-order valence-electron chi connectivity index (χ3n) is 13.0. The maximum atomic E-state index is 6.44. The lowest BCUT2D eigenvalue weighted by Crippen LogP contribution is -2.25. The van der Waals surface area contributed by atoms with Crippen LogP contribution in [0.1, 0.15) is 44.9 Å². The molecule has 1 heterocycles. The first kappa shape index (κ1) is 33.0. The topological polar surface area (TPSA) is 13.1 Å². The molecule has 12 rings (SSSR count). The first-order chi connectivity index (χ1) is 28.8. The van der Waals surface area contributed by atoms with E-state index in [1.54, 1.807) is 0 Å². The summed E-state index contributed by atoms with van der Waals surface area (Å²) in [7, 11) is 0. The molecule has 1 aromatic heterocycles. The molecule has 2 aliphatic rings. The lowest BCUT2D eigenvalue weighted by atomic mass is 9.70. The molecule has 0 unspecified atom stereocenters. The lowest BCUT2D eigenvalue weighted by molar-refractivity contribution is 0.667. The van der Waals surface area contributed by atoms with E-state index in [0.29, 0.717) is 0 Å². The van der Waals surface area contributed by atoms with Gasteiger partial charge < -0.3 is 4.42 Å². The largest absolute Gasteiger partial charge is 0.456 e. The molecular formula is C57H38O. The summed E-state index contributed by atoms with van der Waals surface area (Å²) in [5.74, 6) is 0.0846. The molecule has 1 nitrogen and oxygen atoms in total. The monoisotopic (exact) mass is 738 g/mol. The van der Waals surface area contributed by atoms with Crippen molar-refractivity contribution in [1.82, 2.24) is 0 Å². The Kier molecular flexibility index (Phi) is 7.34. The average molecular weight is 739 g/mol. The Balaban J connectivity index is 1.03. The summed E-state index contributed by atoms with van der Waals surface area (Å²) >= 11 is 0. The van der Waals surface area contributed by atoms with Gasteiger partial charge in [0.1, 0.15) is 11.2 Å². The van der Waals surface area contributed by atoms with Crippen LogP contribution in [0.15, 0.2) is 217 Å². The van der Waals surface area contributed by atoms with Crippen LogP contribution >= 0.6 is 0 Å². The number of benzene rings is 9. The second-order valence-electron chi connectivity index (χ2n) is 15.9. The van der Waals surface area contributed by atoms with Gasteiger partial charge in [-0.1, -0.05) is 200 Å². The fourth-order valence-electron chi connectivity index (χ4n) is 10.4. The third-order valence-corrected chi connectivity index (χ3v) is 13.0. The summed E-state index contributed by atoms with van der Waals surface area (Å²) in [6.07, 6.45) is 0.830. The molecule has 272 valence electrons. The van der Waals surface area contributed by atoms with Crippen molar-refractivity contribution in [2.75, 3.05) is 0 Å². The molecule has 10 aromatic rings. The number of rotatable bonds is 6. The summed E-state index contributed by atoms with van der Waals surface area (Å²) in [5, 5.41) is 2.32. The van der Waals surface area contributed by atoms with Crippen molar-refractivity contribution in [1.29, 1.82) is 0 Å². The average Bonchev–Trinajstić information content (AvgIpc) is 3.93. The summed E-state index contributed by atoms with van der Waals surface area (Å²) in [6.45, 7) is 0. The highest BCUT2D eigenvalue weighted by atomic mass is 16.3. The van der Waals surface area contributed by atoms with Crippen molar-refractivity contribution in [2.24, 2.45) is 0 Å². The van der Waals surface area contributed by atoms with Crippen LogP contribution in [-0.4, -0.2) is 0 Å². The van der Waals surface area contributed by atoms with E-state index in [2.05, 4.69) is 206 Å². The number of furan rings is 1.